The number of rotatable bonds is 3. The topological polar surface area (TPSA) is 93.2 Å². The van der Waals surface area contributed by atoms with Gasteiger partial charge in [0.1, 0.15) is 10.8 Å². The van der Waals surface area contributed by atoms with Gasteiger partial charge in [-0.1, -0.05) is 53.3 Å². The minimum Gasteiger partial charge on any atom is -0.466 e. The molecule has 27 heavy (non-hydrogen) atoms. The summed E-state index contributed by atoms with van der Waals surface area (Å²) >= 11 is 7.13. The minimum atomic E-state index is -1.75. The average molecular weight is 401 g/mol. The summed E-state index contributed by atoms with van der Waals surface area (Å²) in [5, 5.41) is 14.7. The third-order valence-corrected chi connectivity index (χ3v) is 5.16. The van der Waals surface area contributed by atoms with E-state index in [1.807, 2.05) is 30.3 Å². The van der Waals surface area contributed by atoms with Crippen LogP contribution in [0.5, 0.6) is 5.75 Å². The molecule has 2 heterocycles. The van der Waals surface area contributed by atoms with Crippen molar-refractivity contribution in [3.8, 4) is 16.3 Å². The highest BCUT2D eigenvalue weighted by molar-refractivity contribution is 7.18. The third kappa shape index (κ3) is 3.24. The highest BCUT2D eigenvalue weighted by Crippen LogP contribution is 2.36. The maximum absolute atomic E-state index is 12.7. The molecule has 4 rings (SSSR count). The number of anilines is 2. The van der Waals surface area contributed by atoms with Gasteiger partial charge in [-0.2, -0.15) is 0 Å². The number of hydrogen-bond acceptors (Lipinski definition) is 6. The van der Waals surface area contributed by atoms with Crippen molar-refractivity contribution in [2.45, 2.75) is 12.5 Å². The number of carbonyl (C=O) groups excluding carboxylic acids is 2. The molecule has 9 heteroatoms. The summed E-state index contributed by atoms with van der Waals surface area (Å²) in [5.74, 6) is -0.877. The van der Waals surface area contributed by atoms with E-state index in [0.29, 0.717) is 21.5 Å². The van der Waals surface area contributed by atoms with Gasteiger partial charge in [0.2, 0.25) is 5.13 Å². The van der Waals surface area contributed by atoms with Gasteiger partial charge < -0.3 is 10.1 Å². The molecule has 0 spiro atoms. The first kappa shape index (κ1) is 17.4. The fourth-order valence-electron chi connectivity index (χ4n) is 2.53. The molecule has 0 radical (unpaired) electrons. The predicted molar refractivity (Wildman–Crippen MR) is 103 cm³/mol. The quantitative estimate of drug-likeness (QED) is 0.655. The molecule has 1 aliphatic heterocycles. The van der Waals surface area contributed by atoms with Crippen LogP contribution in [0.15, 0.2) is 48.5 Å². The van der Waals surface area contributed by atoms with Gasteiger partial charge in [0.05, 0.1) is 5.69 Å². The van der Waals surface area contributed by atoms with Crippen LogP contribution in [0.3, 0.4) is 0 Å². The van der Waals surface area contributed by atoms with E-state index in [4.69, 9.17) is 16.3 Å². The van der Waals surface area contributed by atoms with Crippen molar-refractivity contribution in [3.05, 3.63) is 53.6 Å². The molecule has 2 amide bonds. The van der Waals surface area contributed by atoms with Crippen LogP contribution in [-0.4, -0.2) is 27.6 Å². The minimum absolute atomic E-state index is 0.276. The average Bonchev–Trinajstić information content (AvgIpc) is 3.12. The zero-order valence-electron chi connectivity index (χ0n) is 14.0. The predicted octanol–water partition coefficient (Wildman–Crippen LogP) is 3.59. The van der Waals surface area contributed by atoms with E-state index in [9.17, 15) is 9.59 Å². The van der Waals surface area contributed by atoms with E-state index in [1.54, 1.807) is 18.2 Å². The number of amides is 2. The van der Waals surface area contributed by atoms with E-state index >= 15 is 0 Å². The van der Waals surface area contributed by atoms with Crippen LogP contribution in [0.4, 0.5) is 10.8 Å². The summed E-state index contributed by atoms with van der Waals surface area (Å²) in [6, 6.07) is 14.2. The summed E-state index contributed by atoms with van der Waals surface area (Å²) < 4.78 is 5.69. The summed E-state index contributed by atoms with van der Waals surface area (Å²) in [4.78, 5) is 25.2. The first-order valence-electron chi connectivity index (χ1n) is 7.96. The van der Waals surface area contributed by atoms with Gasteiger partial charge in [-0.25, -0.2) is 0 Å². The molecule has 1 unspecified atom stereocenters. The highest BCUT2D eigenvalue weighted by atomic mass is 35.5. The molecule has 0 bridgehead atoms. The molecule has 0 saturated carbocycles. The van der Waals surface area contributed by atoms with Crippen molar-refractivity contribution in [1.29, 1.82) is 0 Å². The Balaban J connectivity index is 1.55. The molecule has 0 aliphatic carbocycles. The Morgan fingerprint density at radius 3 is 2.78 bits per heavy atom. The number of nitrogens with one attached hydrogen (secondary N) is 2. The van der Waals surface area contributed by atoms with Crippen molar-refractivity contribution >= 4 is 45.6 Å². The molecule has 1 atom stereocenters. The van der Waals surface area contributed by atoms with Gasteiger partial charge in [-0.15, -0.1) is 10.2 Å². The number of ether oxygens (including phenoxy) is 1. The van der Waals surface area contributed by atoms with E-state index in [0.717, 1.165) is 5.56 Å². The van der Waals surface area contributed by atoms with Crippen molar-refractivity contribution in [3.63, 3.8) is 0 Å². The first-order chi connectivity index (χ1) is 13.0. The Hall–Kier alpha value is -2.97. The fourth-order valence-corrected chi connectivity index (χ4v) is 3.45. The number of carbonyl (C=O) groups is 2. The molecule has 2 aromatic carbocycles. The van der Waals surface area contributed by atoms with Gasteiger partial charge in [0, 0.05) is 10.6 Å². The summed E-state index contributed by atoms with van der Waals surface area (Å²) in [5.41, 5.74) is -0.446. The standard InChI is InChI=1S/C18H13ClN4O3S/c1-18(15(24)20-12-9-11(19)7-8-13(12)26-18)16(25)21-17-23-22-14(27-17)10-5-3-2-4-6-10/h2-9H,1H3,(H,20,24)(H,21,23,25). The normalized spacial score (nSPS) is 18.2. The van der Waals surface area contributed by atoms with E-state index in [1.165, 1.54) is 18.3 Å². The fraction of sp³-hybridized carbons (Fsp3) is 0.111. The summed E-state index contributed by atoms with van der Waals surface area (Å²) in [6.45, 7) is 1.40. The maximum atomic E-state index is 12.7. The lowest BCUT2D eigenvalue weighted by Gasteiger charge is -2.32. The molecule has 7 nitrogen and oxygen atoms in total. The lowest BCUT2D eigenvalue weighted by Crippen LogP contribution is -2.56. The molecule has 0 saturated heterocycles. The van der Waals surface area contributed by atoms with Crippen molar-refractivity contribution in [1.82, 2.24) is 10.2 Å². The zero-order valence-corrected chi connectivity index (χ0v) is 15.6. The van der Waals surface area contributed by atoms with E-state index < -0.39 is 17.4 Å². The van der Waals surface area contributed by atoms with Crippen LogP contribution in [0.25, 0.3) is 10.6 Å². The van der Waals surface area contributed by atoms with Crippen LogP contribution >= 0.6 is 22.9 Å². The monoisotopic (exact) mass is 400 g/mol. The van der Waals surface area contributed by atoms with Crippen molar-refractivity contribution in [2.24, 2.45) is 0 Å². The van der Waals surface area contributed by atoms with Crippen LogP contribution in [-0.2, 0) is 9.59 Å². The van der Waals surface area contributed by atoms with E-state index in [2.05, 4.69) is 20.8 Å². The Morgan fingerprint density at radius 1 is 1.22 bits per heavy atom. The number of fused-ring (bicyclic) bond motifs is 1. The first-order valence-corrected chi connectivity index (χ1v) is 9.15. The lowest BCUT2D eigenvalue weighted by molar-refractivity contribution is -0.143. The zero-order chi connectivity index (χ0) is 19.0. The molecular formula is C18H13ClN4O3S. The lowest BCUT2D eigenvalue weighted by atomic mass is 10.0. The van der Waals surface area contributed by atoms with Gasteiger partial charge in [0.25, 0.3) is 17.4 Å². The Labute approximate surface area is 163 Å². The third-order valence-electron chi connectivity index (χ3n) is 4.04. The van der Waals surface area contributed by atoms with Crippen LogP contribution < -0.4 is 15.4 Å². The van der Waals surface area contributed by atoms with Crippen molar-refractivity contribution in [2.75, 3.05) is 10.6 Å². The second-order valence-corrected chi connectivity index (χ2v) is 7.38. The Bertz CT molecular complexity index is 1040. The van der Waals surface area contributed by atoms with Gasteiger partial charge in [-0.05, 0) is 25.1 Å². The number of hydrogen-bond donors (Lipinski definition) is 2. The number of nitrogens with zero attached hydrogens (tertiary/aromatic N) is 2. The number of aromatic nitrogens is 2. The summed E-state index contributed by atoms with van der Waals surface area (Å²) in [6.07, 6.45) is 0. The molecular weight excluding hydrogens is 388 g/mol. The molecule has 1 aliphatic rings. The van der Waals surface area contributed by atoms with E-state index in [-0.39, 0.29) is 5.13 Å². The van der Waals surface area contributed by atoms with Crippen LogP contribution in [0, 0.1) is 0 Å². The molecule has 2 N–H and O–H groups in total. The SMILES string of the molecule is CC1(C(=O)Nc2nnc(-c3ccccc3)s2)Oc2ccc(Cl)cc2NC1=O. The van der Waals surface area contributed by atoms with Crippen molar-refractivity contribution < 1.29 is 14.3 Å². The van der Waals surface area contributed by atoms with Crippen LogP contribution in [0.2, 0.25) is 5.02 Å². The Kier molecular flexibility index (Phi) is 4.29. The van der Waals surface area contributed by atoms with Gasteiger partial charge >= 0.3 is 0 Å². The Morgan fingerprint density at radius 2 is 2.00 bits per heavy atom. The molecule has 1 aromatic heterocycles. The second-order valence-electron chi connectivity index (χ2n) is 5.96. The second kappa shape index (κ2) is 6.64. The smallest absolute Gasteiger partial charge is 0.280 e. The largest absolute Gasteiger partial charge is 0.466 e. The molecule has 136 valence electrons. The molecule has 3 aromatic rings. The van der Waals surface area contributed by atoms with Gasteiger partial charge in [0.15, 0.2) is 0 Å². The van der Waals surface area contributed by atoms with Crippen LogP contribution in [0.1, 0.15) is 6.92 Å². The number of benzene rings is 2. The maximum Gasteiger partial charge on any atom is 0.280 e. The number of halogens is 1. The molecule has 0 fully saturated rings. The van der Waals surface area contributed by atoms with Gasteiger partial charge in [-0.3, -0.25) is 14.9 Å². The summed E-state index contributed by atoms with van der Waals surface area (Å²) in [7, 11) is 0. The highest BCUT2D eigenvalue weighted by Gasteiger charge is 2.47.